The van der Waals surface area contributed by atoms with Crippen LogP contribution in [0.4, 0.5) is 11.5 Å². The van der Waals surface area contributed by atoms with Crippen molar-refractivity contribution in [2.24, 2.45) is 5.92 Å². The lowest BCUT2D eigenvalue weighted by molar-refractivity contribution is -0.384. The van der Waals surface area contributed by atoms with E-state index >= 15 is 0 Å². The normalized spacial score (nSPS) is 12.7. The van der Waals surface area contributed by atoms with Crippen molar-refractivity contribution >= 4 is 11.5 Å². The van der Waals surface area contributed by atoms with Crippen molar-refractivity contribution in [3.05, 3.63) is 15.8 Å². The summed E-state index contributed by atoms with van der Waals surface area (Å²) < 4.78 is 1.72. The van der Waals surface area contributed by atoms with Crippen LogP contribution in [0.25, 0.3) is 0 Å². The van der Waals surface area contributed by atoms with Crippen molar-refractivity contribution in [3.8, 4) is 0 Å². The molecule has 0 spiro atoms. The van der Waals surface area contributed by atoms with Crippen molar-refractivity contribution in [3.63, 3.8) is 0 Å². The van der Waals surface area contributed by atoms with E-state index in [0.29, 0.717) is 17.4 Å². The van der Waals surface area contributed by atoms with E-state index in [2.05, 4.69) is 24.3 Å². The summed E-state index contributed by atoms with van der Waals surface area (Å²) in [6.07, 6.45) is 4.61. The molecule has 0 amide bonds. The summed E-state index contributed by atoms with van der Waals surface area (Å²) in [4.78, 5) is 10.9. The number of nitrogens with one attached hydrogen (secondary N) is 1. The molecule has 0 aromatic carbocycles. The Labute approximate surface area is 127 Å². The molecule has 1 aromatic rings. The number of nitro groups is 1. The van der Waals surface area contributed by atoms with E-state index < -0.39 is 0 Å². The first-order chi connectivity index (χ1) is 9.92. The van der Waals surface area contributed by atoms with Crippen molar-refractivity contribution in [1.29, 1.82) is 0 Å². The molecule has 0 aliphatic rings. The summed E-state index contributed by atoms with van der Waals surface area (Å²) in [5.74, 6) is 1.09. The average molecular weight is 296 g/mol. The molecule has 0 aliphatic heterocycles. The van der Waals surface area contributed by atoms with Gasteiger partial charge in [0.25, 0.3) is 0 Å². The Morgan fingerprint density at radius 3 is 2.52 bits per heavy atom. The molecule has 1 unspecified atom stereocenters. The standard InChI is InChI=1S/C15H28N4O2/c1-6-8-9-13(7-2)10-16-15-14(19(20)21)12(5)17-18(15)11(3)4/h11,13,16H,6-10H2,1-5H3. The van der Waals surface area contributed by atoms with Gasteiger partial charge in [0.2, 0.25) is 5.82 Å². The van der Waals surface area contributed by atoms with Gasteiger partial charge in [-0.2, -0.15) is 5.10 Å². The van der Waals surface area contributed by atoms with Gasteiger partial charge in [-0.25, -0.2) is 4.68 Å². The van der Waals surface area contributed by atoms with Crippen LogP contribution in [-0.2, 0) is 0 Å². The molecule has 21 heavy (non-hydrogen) atoms. The minimum atomic E-state index is -0.337. The van der Waals surface area contributed by atoms with E-state index in [1.165, 1.54) is 12.8 Å². The summed E-state index contributed by atoms with van der Waals surface area (Å²) in [6, 6.07) is 0.0932. The first-order valence-corrected chi connectivity index (χ1v) is 7.89. The van der Waals surface area contributed by atoms with Crippen LogP contribution in [-0.4, -0.2) is 21.2 Å². The van der Waals surface area contributed by atoms with Gasteiger partial charge in [0.1, 0.15) is 5.69 Å². The van der Waals surface area contributed by atoms with E-state index in [1.807, 2.05) is 13.8 Å². The molecule has 0 fully saturated rings. The minimum absolute atomic E-state index is 0.0932. The molecule has 6 nitrogen and oxygen atoms in total. The lowest BCUT2D eigenvalue weighted by atomic mass is 9.99. The van der Waals surface area contributed by atoms with Crippen LogP contribution >= 0.6 is 0 Å². The van der Waals surface area contributed by atoms with Crippen molar-refractivity contribution in [2.45, 2.75) is 66.3 Å². The van der Waals surface area contributed by atoms with E-state index in [-0.39, 0.29) is 16.7 Å². The molecule has 6 heteroatoms. The SMILES string of the molecule is CCCCC(CC)CNc1c([N+](=O)[O-])c(C)nn1C(C)C. The zero-order chi connectivity index (χ0) is 16.0. The number of hydrogen-bond acceptors (Lipinski definition) is 4. The lowest BCUT2D eigenvalue weighted by Gasteiger charge is -2.17. The maximum absolute atomic E-state index is 11.3. The summed E-state index contributed by atoms with van der Waals surface area (Å²) >= 11 is 0. The van der Waals surface area contributed by atoms with Gasteiger partial charge >= 0.3 is 5.69 Å². The maximum atomic E-state index is 11.3. The Bertz CT molecular complexity index is 468. The fraction of sp³-hybridized carbons (Fsp3) is 0.800. The Kier molecular flexibility index (Phi) is 6.65. The lowest BCUT2D eigenvalue weighted by Crippen LogP contribution is -2.18. The number of rotatable bonds is 9. The van der Waals surface area contributed by atoms with E-state index in [9.17, 15) is 10.1 Å². The highest BCUT2D eigenvalue weighted by molar-refractivity contribution is 5.59. The molecule has 1 heterocycles. The Balaban J connectivity index is 2.92. The van der Waals surface area contributed by atoms with Crippen LogP contribution < -0.4 is 5.32 Å². The van der Waals surface area contributed by atoms with Crippen LogP contribution in [0.15, 0.2) is 0 Å². The Morgan fingerprint density at radius 2 is 2.05 bits per heavy atom. The van der Waals surface area contributed by atoms with Crippen molar-refractivity contribution < 1.29 is 4.92 Å². The topological polar surface area (TPSA) is 73.0 Å². The molecule has 1 aromatic heterocycles. The smallest absolute Gasteiger partial charge is 0.333 e. The van der Waals surface area contributed by atoms with Gasteiger partial charge in [0.05, 0.1) is 4.92 Å². The predicted octanol–water partition coefficient (Wildman–Crippen LogP) is 4.31. The Hall–Kier alpha value is -1.59. The van der Waals surface area contributed by atoms with Gasteiger partial charge in [-0.1, -0.05) is 33.1 Å². The van der Waals surface area contributed by atoms with Gasteiger partial charge in [-0.15, -0.1) is 0 Å². The zero-order valence-corrected chi connectivity index (χ0v) is 13.8. The number of aryl methyl sites for hydroxylation is 1. The second kappa shape index (κ2) is 8.00. The van der Waals surface area contributed by atoms with Crippen LogP contribution in [0, 0.1) is 23.0 Å². The average Bonchev–Trinajstić information content (AvgIpc) is 2.76. The maximum Gasteiger partial charge on any atom is 0.333 e. The van der Waals surface area contributed by atoms with E-state index in [0.717, 1.165) is 19.4 Å². The number of hydrogen-bond donors (Lipinski definition) is 1. The third-order valence-corrected chi connectivity index (χ3v) is 3.83. The monoisotopic (exact) mass is 296 g/mol. The fourth-order valence-corrected chi connectivity index (χ4v) is 2.48. The third kappa shape index (κ3) is 4.44. The van der Waals surface area contributed by atoms with E-state index in [4.69, 9.17) is 0 Å². The quantitative estimate of drug-likeness (QED) is 0.544. The van der Waals surface area contributed by atoms with Crippen molar-refractivity contribution in [2.75, 3.05) is 11.9 Å². The van der Waals surface area contributed by atoms with Gasteiger partial charge in [-0.3, -0.25) is 10.1 Å². The van der Waals surface area contributed by atoms with Gasteiger partial charge < -0.3 is 5.32 Å². The summed E-state index contributed by atoms with van der Waals surface area (Å²) in [5, 5.41) is 18.9. The van der Waals surface area contributed by atoms with Crippen molar-refractivity contribution in [1.82, 2.24) is 9.78 Å². The van der Waals surface area contributed by atoms with Crippen LogP contribution in [0.3, 0.4) is 0 Å². The molecule has 0 bridgehead atoms. The second-order valence-corrected chi connectivity index (χ2v) is 5.88. The zero-order valence-electron chi connectivity index (χ0n) is 13.8. The van der Waals surface area contributed by atoms with Crippen LogP contribution in [0.5, 0.6) is 0 Å². The number of aromatic nitrogens is 2. The molecule has 1 atom stereocenters. The highest BCUT2D eigenvalue weighted by Gasteiger charge is 2.26. The molecule has 0 radical (unpaired) electrons. The number of unbranched alkanes of at least 4 members (excludes halogenated alkanes) is 1. The van der Waals surface area contributed by atoms with Crippen LogP contribution in [0.1, 0.15) is 65.1 Å². The summed E-state index contributed by atoms with van der Waals surface area (Å²) in [5.41, 5.74) is 0.576. The molecular formula is C15H28N4O2. The number of anilines is 1. The van der Waals surface area contributed by atoms with Gasteiger partial charge in [0, 0.05) is 12.6 Å². The third-order valence-electron chi connectivity index (χ3n) is 3.83. The van der Waals surface area contributed by atoms with E-state index in [1.54, 1.807) is 11.6 Å². The first kappa shape index (κ1) is 17.5. The first-order valence-electron chi connectivity index (χ1n) is 7.89. The summed E-state index contributed by atoms with van der Waals surface area (Å²) in [6.45, 7) is 10.8. The fourth-order valence-electron chi connectivity index (χ4n) is 2.48. The van der Waals surface area contributed by atoms with Crippen LogP contribution in [0.2, 0.25) is 0 Å². The molecular weight excluding hydrogens is 268 g/mol. The van der Waals surface area contributed by atoms with Gasteiger partial charge in [0.15, 0.2) is 0 Å². The molecule has 0 aliphatic carbocycles. The summed E-state index contributed by atoms with van der Waals surface area (Å²) in [7, 11) is 0. The molecule has 0 saturated heterocycles. The Morgan fingerprint density at radius 1 is 1.38 bits per heavy atom. The highest BCUT2D eigenvalue weighted by Crippen LogP contribution is 2.31. The molecule has 0 saturated carbocycles. The molecule has 1 rings (SSSR count). The molecule has 1 N–H and O–H groups in total. The highest BCUT2D eigenvalue weighted by atomic mass is 16.6. The minimum Gasteiger partial charge on any atom is -0.364 e. The second-order valence-electron chi connectivity index (χ2n) is 5.88. The largest absolute Gasteiger partial charge is 0.364 e. The molecule has 120 valence electrons. The number of nitrogens with zero attached hydrogens (tertiary/aromatic N) is 3. The van der Waals surface area contributed by atoms with Gasteiger partial charge in [-0.05, 0) is 33.1 Å². The predicted molar refractivity (Wildman–Crippen MR) is 85.8 cm³/mol.